The van der Waals surface area contributed by atoms with Crippen LogP contribution in [-0.4, -0.2) is 10.5 Å². The molecule has 3 aromatic rings. The lowest BCUT2D eigenvalue weighted by atomic mass is 10.1. The predicted molar refractivity (Wildman–Crippen MR) is 87.8 cm³/mol. The molecule has 0 aliphatic carbocycles. The Hall–Kier alpha value is -2.81. The van der Waals surface area contributed by atoms with Crippen LogP contribution >= 0.6 is 0 Å². The molecule has 2 aromatic carbocycles. The van der Waals surface area contributed by atoms with Gasteiger partial charge in [0.2, 0.25) is 5.91 Å². The van der Waals surface area contributed by atoms with E-state index in [0.29, 0.717) is 13.0 Å². The van der Waals surface area contributed by atoms with Crippen molar-refractivity contribution in [3.05, 3.63) is 90.3 Å². The zero-order valence-electron chi connectivity index (χ0n) is 12.3. The molecule has 1 amide bonds. The van der Waals surface area contributed by atoms with Crippen molar-refractivity contribution >= 4 is 5.91 Å². The van der Waals surface area contributed by atoms with Gasteiger partial charge in [-0.15, -0.1) is 0 Å². The molecule has 3 nitrogen and oxygen atoms in total. The Bertz CT molecular complexity index is 733. The first-order valence-corrected chi connectivity index (χ1v) is 7.35. The van der Waals surface area contributed by atoms with Crippen LogP contribution in [0.2, 0.25) is 0 Å². The van der Waals surface area contributed by atoms with E-state index in [4.69, 9.17) is 0 Å². The molecule has 0 fully saturated rings. The fourth-order valence-electron chi connectivity index (χ4n) is 2.44. The van der Waals surface area contributed by atoms with E-state index >= 15 is 0 Å². The third-order valence-corrected chi connectivity index (χ3v) is 3.56. The Morgan fingerprint density at radius 1 is 0.864 bits per heavy atom. The standard InChI is InChI=1S/C19H18N2O/c22-19(14-16-8-2-1-3-9-16)20-15-17-10-4-5-11-18(17)21-12-6-7-13-21/h1-13H,14-15H2,(H,20,22). The van der Waals surface area contributed by atoms with Crippen LogP contribution in [0.15, 0.2) is 79.1 Å². The zero-order valence-corrected chi connectivity index (χ0v) is 12.3. The van der Waals surface area contributed by atoms with Gasteiger partial charge in [0.15, 0.2) is 0 Å². The highest BCUT2D eigenvalue weighted by Gasteiger charge is 2.06. The van der Waals surface area contributed by atoms with Gasteiger partial charge in [-0.2, -0.15) is 0 Å². The number of carbonyl (C=O) groups is 1. The first kappa shape index (κ1) is 14.1. The van der Waals surface area contributed by atoms with Gasteiger partial charge in [-0.3, -0.25) is 4.79 Å². The molecule has 0 unspecified atom stereocenters. The lowest BCUT2D eigenvalue weighted by molar-refractivity contribution is -0.120. The highest BCUT2D eigenvalue weighted by Crippen LogP contribution is 2.14. The number of nitrogens with zero attached hydrogens (tertiary/aromatic N) is 1. The minimum absolute atomic E-state index is 0.0357. The number of hydrogen-bond acceptors (Lipinski definition) is 1. The van der Waals surface area contributed by atoms with Crippen molar-refractivity contribution in [2.24, 2.45) is 0 Å². The molecule has 1 heterocycles. The van der Waals surface area contributed by atoms with Crippen molar-refractivity contribution in [2.75, 3.05) is 0 Å². The Morgan fingerprint density at radius 3 is 2.32 bits per heavy atom. The maximum atomic E-state index is 12.1. The number of benzene rings is 2. The summed E-state index contributed by atoms with van der Waals surface area (Å²) < 4.78 is 2.05. The van der Waals surface area contributed by atoms with Crippen molar-refractivity contribution < 1.29 is 4.79 Å². The summed E-state index contributed by atoms with van der Waals surface area (Å²) in [4.78, 5) is 12.1. The van der Waals surface area contributed by atoms with E-state index in [1.807, 2.05) is 73.1 Å². The average molecular weight is 290 g/mol. The van der Waals surface area contributed by atoms with Gasteiger partial charge in [-0.05, 0) is 29.3 Å². The van der Waals surface area contributed by atoms with Crippen molar-refractivity contribution in [1.82, 2.24) is 9.88 Å². The lowest BCUT2D eigenvalue weighted by Gasteiger charge is -2.11. The summed E-state index contributed by atoms with van der Waals surface area (Å²) in [7, 11) is 0. The second-order valence-corrected chi connectivity index (χ2v) is 5.16. The third-order valence-electron chi connectivity index (χ3n) is 3.56. The molecule has 0 aliphatic heterocycles. The van der Waals surface area contributed by atoms with Gasteiger partial charge < -0.3 is 9.88 Å². The number of hydrogen-bond donors (Lipinski definition) is 1. The van der Waals surface area contributed by atoms with E-state index in [1.54, 1.807) is 0 Å². The quantitative estimate of drug-likeness (QED) is 0.768. The molecule has 0 radical (unpaired) electrons. The molecule has 1 N–H and O–H groups in total. The van der Waals surface area contributed by atoms with Crippen LogP contribution in [0.25, 0.3) is 5.69 Å². The second-order valence-electron chi connectivity index (χ2n) is 5.16. The van der Waals surface area contributed by atoms with E-state index < -0.39 is 0 Å². The van der Waals surface area contributed by atoms with E-state index in [2.05, 4.69) is 16.0 Å². The molecule has 0 aliphatic rings. The zero-order chi connectivity index (χ0) is 15.2. The smallest absolute Gasteiger partial charge is 0.224 e. The first-order chi connectivity index (χ1) is 10.8. The van der Waals surface area contributed by atoms with E-state index in [-0.39, 0.29) is 5.91 Å². The Morgan fingerprint density at radius 2 is 1.55 bits per heavy atom. The Labute approximate surface area is 130 Å². The average Bonchev–Trinajstić information content (AvgIpc) is 3.08. The van der Waals surface area contributed by atoms with Crippen molar-refractivity contribution in [2.45, 2.75) is 13.0 Å². The Balaban J connectivity index is 1.66. The number of carbonyl (C=O) groups excluding carboxylic acids is 1. The minimum atomic E-state index is 0.0357. The van der Waals surface area contributed by atoms with Crippen LogP contribution in [0.4, 0.5) is 0 Å². The molecule has 0 saturated heterocycles. The van der Waals surface area contributed by atoms with Crippen molar-refractivity contribution in [1.29, 1.82) is 0 Å². The van der Waals surface area contributed by atoms with Crippen LogP contribution < -0.4 is 5.32 Å². The van der Waals surface area contributed by atoms with Gasteiger partial charge >= 0.3 is 0 Å². The summed E-state index contributed by atoms with van der Waals surface area (Å²) >= 11 is 0. The molecule has 0 bridgehead atoms. The monoisotopic (exact) mass is 290 g/mol. The largest absolute Gasteiger partial charge is 0.352 e. The van der Waals surface area contributed by atoms with Crippen LogP contribution in [-0.2, 0) is 17.8 Å². The van der Waals surface area contributed by atoms with Gasteiger partial charge in [0, 0.05) is 24.6 Å². The molecule has 0 spiro atoms. The summed E-state index contributed by atoms with van der Waals surface area (Å²) in [6.45, 7) is 0.528. The van der Waals surface area contributed by atoms with Crippen LogP contribution in [0.5, 0.6) is 0 Å². The summed E-state index contributed by atoms with van der Waals surface area (Å²) in [6, 6.07) is 21.9. The van der Waals surface area contributed by atoms with E-state index in [1.165, 1.54) is 0 Å². The number of nitrogens with one attached hydrogen (secondary N) is 1. The molecule has 0 atom stereocenters. The third kappa shape index (κ3) is 3.44. The molecule has 22 heavy (non-hydrogen) atoms. The number of rotatable bonds is 5. The summed E-state index contributed by atoms with van der Waals surface area (Å²) in [5.74, 6) is 0.0357. The molecule has 110 valence electrons. The summed E-state index contributed by atoms with van der Waals surface area (Å²) in [6.07, 6.45) is 4.42. The van der Waals surface area contributed by atoms with Gasteiger partial charge in [0.1, 0.15) is 0 Å². The van der Waals surface area contributed by atoms with Crippen LogP contribution in [0, 0.1) is 0 Å². The molecule has 3 heteroatoms. The van der Waals surface area contributed by atoms with Gasteiger partial charge in [-0.25, -0.2) is 0 Å². The Kier molecular flexibility index (Phi) is 4.35. The molecule has 1 aromatic heterocycles. The highest BCUT2D eigenvalue weighted by molar-refractivity contribution is 5.78. The maximum Gasteiger partial charge on any atom is 0.224 e. The molecule has 3 rings (SSSR count). The SMILES string of the molecule is O=C(Cc1ccccc1)NCc1ccccc1-n1cccc1. The normalized spacial score (nSPS) is 10.4. The summed E-state index contributed by atoms with van der Waals surface area (Å²) in [5, 5.41) is 3.00. The maximum absolute atomic E-state index is 12.1. The summed E-state index contributed by atoms with van der Waals surface area (Å²) in [5.41, 5.74) is 3.21. The predicted octanol–water partition coefficient (Wildman–Crippen LogP) is 3.34. The first-order valence-electron chi connectivity index (χ1n) is 7.35. The van der Waals surface area contributed by atoms with E-state index in [0.717, 1.165) is 16.8 Å². The number of para-hydroxylation sites is 1. The van der Waals surface area contributed by atoms with Gasteiger partial charge in [0.05, 0.1) is 6.42 Å². The topological polar surface area (TPSA) is 34.0 Å². The van der Waals surface area contributed by atoms with E-state index in [9.17, 15) is 4.79 Å². The lowest BCUT2D eigenvalue weighted by Crippen LogP contribution is -2.25. The van der Waals surface area contributed by atoms with Gasteiger partial charge in [-0.1, -0.05) is 48.5 Å². The second kappa shape index (κ2) is 6.76. The highest BCUT2D eigenvalue weighted by atomic mass is 16.1. The molecule has 0 saturated carbocycles. The minimum Gasteiger partial charge on any atom is -0.352 e. The fourth-order valence-corrected chi connectivity index (χ4v) is 2.44. The number of aromatic nitrogens is 1. The fraction of sp³-hybridized carbons (Fsp3) is 0.105. The number of amides is 1. The molecular formula is C19H18N2O. The molecular weight excluding hydrogens is 272 g/mol. The van der Waals surface area contributed by atoms with Crippen molar-refractivity contribution in [3.8, 4) is 5.69 Å². The van der Waals surface area contributed by atoms with Crippen molar-refractivity contribution in [3.63, 3.8) is 0 Å². The van der Waals surface area contributed by atoms with Crippen LogP contribution in [0.3, 0.4) is 0 Å². The van der Waals surface area contributed by atoms with Gasteiger partial charge in [0.25, 0.3) is 0 Å². The van der Waals surface area contributed by atoms with Crippen LogP contribution in [0.1, 0.15) is 11.1 Å².